The fourth-order valence-corrected chi connectivity index (χ4v) is 4.44. The fourth-order valence-electron chi connectivity index (χ4n) is 4.44. The van der Waals surface area contributed by atoms with Crippen molar-refractivity contribution >= 4 is 0 Å². The molecule has 0 amide bonds. The van der Waals surface area contributed by atoms with Crippen LogP contribution in [-0.2, 0) is 25.9 Å². The van der Waals surface area contributed by atoms with Crippen molar-refractivity contribution in [2.75, 3.05) is 0 Å². The molecule has 0 aliphatic heterocycles. The Labute approximate surface area is 184 Å². The Hall–Kier alpha value is -1.64. The van der Waals surface area contributed by atoms with Crippen LogP contribution < -0.4 is 10.6 Å². The van der Waals surface area contributed by atoms with Crippen LogP contribution in [0.15, 0.2) is 48.5 Å². The van der Waals surface area contributed by atoms with Gasteiger partial charge in [0.25, 0.3) is 0 Å². The van der Waals surface area contributed by atoms with Gasteiger partial charge in [-0.15, -0.1) is 0 Å². The Balaban J connectivity index is 1.32. The molecule has 0 spiro atoms. The standard InChI is InChI=1S/C28H42N2/c1-3-5-7-23-9-13-25(14-10-23)21-29-27-17-19-28(20-18-27)30-22-26-15-11-24(12-16-26)8-6-4-2/h9-16,27-30H,3-8,17-22H2,1-2H3. The highest BCUT2D eigenvalue weighted by Crippen LogP contribution is 2.20. The molecule has 0 aromatic heterocycles. The molecule has 2 aromatic rings. The Bertz CT molecular complexity index is 633. The number of hydrogen-bond donors (Lipinski definition) is 2. The molecule has 2 nitrogen and oxygen atoms in total. The van der Waals surface area contributed by atoms with E-state index in [2.05, 4.69) is 73.0 Å². The second-order valence-corrected chi connectivity index (χ2v) is 9.15. The molecule has 3 rings (SSSR count). The predicted molar refractivity (Wildman–Crippen MR) is 130 cm³/mol. The van der Waals surface area contributed by atoms with Crippen LogP contribution in [-0.4, -0.2) is 12.1 Å². The van der Waals surface area contributed by atoms with Crippen molar-refractivity contribution < 1.29 is 0 Å². The zero-order valence-corrected chi connectivity index (χ0v) is 19.3. The van der Waals surface area contributed by atoms with E-state index in [1.807, 2.05) is 0 Å². The first-order valence-electron chi connectivity index (χ1n) is 12.4. The molecule has 0 bridgehead atoms. The number of aryl methyl sites for hydroxylation is 2. The van der Waals surface area contributed by atoms with Gasteiger partial charge in [-0.25, -0.2) is 0 Å². The van der Waals surface area contributed by atoms with E-state index in [9.17, 15) is 0 Å². The Morgan fingerprint density at radius 1 is 0.567 bits per heavy atom. The molecule has 0 radical (unpaired) electrons. The summed E-state index contributed by atoms with van der Waals surface area (Å²) in [6.07, 6.45) is 12.7. The fraction of sp³-hybridized carbons (Fsp3) is 0.571. The second kappa shape index (κ2) is 12.9. The average Bonchev–Trinajstić information content (AvgIpc) is 2.80. The molecule has 0 heterocycles. The predicted octanol–water partition coefficient (Wildman–Crippen LogP) is 6.56. The summed E-state index contributed by atoms with van der Waals surface area (Å²) in [5, 5.41) is 7.58. The summed E-state index contributed by atoms with van der Waals surface area (Å²) in [4.78, 5) is 0. The highest BCUT2D eigenvalue weighted by molar-refractivity contribution is 5.23. The molecule has 0 atom stereocenters. The molecule has 2 aromatic carbocycles. The highest BCUT2D eigenvalue weighted by Gasteiger charge is 2.20. The molecular weight excluding hydrogens is 364 g/mol. The van der Waals surface area contributed by atoms with Gasteiger partial charge in [0.2, 0.25) is 0 Å². The minimum atomic E-state index is 0.667. The van der Waals surface area contributed by atoms with Gasteiger partial charge in [-0.2, -0.15) is 0 Å². The molecule has 0 saturated heterocycles. The van der Waals surface area contributed by atoms with E-state index in [-0.39, 0.29) is 0 Å². The Kier molecular flexibility index (Phi) is 9.92. The largest absolute Gasteiger partial charge is 0.310 e. The SMILES string of the molecule is CCCCc1ccc(CNC2CCC(NCc3ccc(CCCC)cc3)CC2)cc1. The van der Waals surface area contributed by atoms with E-state index in [1.54, 1.807) is 0 Å². The molecule has 1 aliphatic carbocycles. The lowest BCUT2D eigenvalue weighted by Crippen LogP contribution is -2.39. The lowest BCUT2D eigenvalue weighted by molar-refractivity contribution is 0.305. The van der Waals surface area contributed by atoms with Crippen LogP contribution in [0.1, 0.15) is 87.5 Å². The molecular formula is C28H42N2. The number of hydrogen-bond acceptors (Lipinski definition) is 2. The Morgan fingerprint density at radius 3 is 1.23 bits per heavy atom. The first-order valence-corrected chi connectivity index (χ1v) is 12.4. The monoisotopic (exact) mass is 406 g/mol. The van der Waals surface area contributed by atoms with Crippen LogP contribution in [0.4, 0.5) is 0 Å². The molecule has 0 unspecified atom stereocenters. The van der Waals surface area contributed by atoms with Crippen LogP contribution in [0.25, 0.3) is 0 Å². The summed E-state index contributed by atoms with van der Waals surface area (Å²) >= 11 is 0. The number of unbranched alkanes of at least 4 members (excludes halogenated alkanes) is 2. The van der Waals surface area contributed by atoms with E-state index in [0.29, 0.717) is 12.1 Å². The van der Waals surface area contributed by atoms with E-state index in [0.717, 1.165) is 13.1 Å². The lowest BCUT2D eigenvalue weighted by atomic mass is 9.91. The third-order valence-corrected chi connectivity index (χ3v) is 6.60. The number of benzene rings is 2. The third-order valence-electron chi connectivity index (χ3n) is 6.60. The van der Waals surface area contributed by atoms with E-state index in [4.69, 9.17) is 0 Å². The van der Waals surface area contributed by atoms with Gasteiger partial charge in [-0.3, -0.25) is 0 Å². The zero-order chi connectivity index (χ0) is 21.0. The molecule has 2 heteroatoms. The summed E-state index contributed by atoms with van der Waals surface area (Å²) in [5.41, 5.74) is 5.78. The third kappa shape index (κ3) is 7.89. The van der Waals surface area contributed by atoms with E-state index in [1.165, 1.54) is 86.5 Å². The molecule has 164 valence electrons. The lowest BCUT2D eigenvalue weighted by Gasteiger charge is -2.30. The van der Waals surface area contributed by atoms with Crippen LogP contribution >= 0.6 is 0 Å². The molecule has 1 aliphatic rings. The van der Waals surface area contributed by atoms with Crippen LogP contribution in [0, 0.1) is 0 Å². The van der Waals surface area contributed by atoms with Gasteiger partial charge in [0, 0.05) is 25.2 Å². The number of nitrogens with one attached hydrogen (secondary N) is 2. The van der Waals surface area contributed by atoms with Crippen molar-refractivity contribution in [2.24, 2.45) is 0 Å². The van der Waals surface area contributed by atoms with Gasteiger partial charge >= 0.3 is 0 Å². The minimum Gasteiger partial charge on any atom is -0.310 e. The van der Waals surface area contributed by atoms with Crippen LogP contribution in [0.2, 0.25) is 0 Å². The van der Waals surface area contributed by atoms with Crippen molar-refractivity contribution in [3.8, 4) is 0 Å². The maximum Gasteiger partial charge on any atom is 0.0208 e. The normalized spacial score (nSPS) is 19.1. The van der Waals surface area contributed by atoms with Crippen molar-refractivity contribution in [2.45, 2.75) is 103 Å². The van der Waals surface area contributed by atoms with Crippen LogP contribution in [0.3, 0.4) is 0 Å². The quantitative estimate of drug-likeness (QED) is 0.417. The van der Waals surface area contributed by atoms with Gasteiger partial charge in [0.05, 0.1) is 0 Å². The molecule has 1 saturated carbocycles. The average molecular weight is 407 g/mol. The molecule has 1 fully saturated rings. The van der Waals surface area contributed by atoms with Crippen molar-refractivity contribution in [3.05, 3.63) is 70.8 Å². The number of rotatable bonds is 12. The highest BCUT2D eigenvalue weighted by atomic mass is 14.9. The van der Waals surface area contributed by atoms with E-state index < -0.39 is 0 Å². The van der Waals surface area contributed by atoms with Crippen molar-refractivity contribution in [3.63, 3.8) is 0 Å². The first kappa shape index (κ1) is 23.0. The maximum absolute atomic E-state index is 3.79. The molecule has 2 N–H and O–H groups in total. The second-order valence-electron chi connectivity index (χ2n) is 9.15. The van der Waals surface area contributed by atoms with Gasteiger partial charge in [-0.1, -0.05) is 75.2 Å². The van der Waals surface area contributed by atoms with Crippen LogP contribution in [0.5, 0.6) is 0 Å². The maximum atomic E-state index is 3.79. The molecule has 30 heavy (non-hydrogen) atoms. The Morgan fingerprint density at radius 2 is 0.900 bits per heavy atom. The summed E-state index contributed by atoms with van der Waals surface area (Å²) in [7, 11) is 0. The summed E-state index contributed by atoms with van der Waals surface area (Å²) in [6.45, 7) is 6.52. The van der Waals surface area contributed by atoms with Gasteiger partial charge in [0.15, 0.2) is 0 Å². The van der Waals surface area contributed by atoms with Crippen molar-refractivity contribution in [1.29, 1.82) is 0 Å². The summed E-state index contributed by atoms with van der Waals surface area (Å²) < 4.78 is 0. The summed E-state index contributed by atoms with van der Waals surface area (Å²) in [6, 6.07) is 19.8. The van der Waals surface area contributed by atoms with Gasteiger partial charge in [-0.05, 0) is 73.6 Å². The van der Waals surface area contributed by atoms with Gasteiger partial charge in [0.1, 0.15) is 0 Å². The summed E-state index contributed by atoms with van der Waals surface area (Å²) in [5.74, 6) is 0. The first-order chi connectivity index (χ1) is 14.8. The minimum absolute atomic E-state index is 0.667. The zero-order valence-electron chi connectivity index (χ0n) is 19.3. The smallest absolute Gasteiger partial charge is 0.0208 e. The topological polar surface area (TPSA) is 24.1 Å². The van der Waals surface area contributed by atoms with E-state index >= 15 is 0 Å². The van der Waals surface area contributed by atoms with Gasteiger partial charge < -0.3 is 10.6 Å². The van der Waals surface area contributed by atoms with Crippen molar-refractivity contribution in [1.82, 2.24) is 10.6 Å².